The van der Waals surface area contributed by atoms with Gasteiger partial charge in [-0.25, -0.2) is 0 Å². The molecule has 2 unspecified atom stereocenters. The minimum atomic E-state index is -0.871. The molecule has 4 heteroatoms. The van der Waals surface area contributed by atoms with E-state index in [1.165, 1.54) is 109 Å². The van der Waals surface area contributed by atoms with Gasteiger partial charge in [0.05, 0.1) is 18.8 Å². The summed E-state index contributed by atoms with van der Waals surface area (Å²) in [6.07, 6.45) is 73.9. The van der Waals surface area contributed by atoms with Crippen LogP contribution in [0.25, 0.3) is 0 Å². The Labute approximate surface area is 359 Å². The Bertz CT molecular complexity index is 1140. The third kappa shape index (κ3) is 44.2. The molecule has 0 bridgehead atoms. The summed E-state index contributed by atoms with van der Waals surface area (Å²) in [5.41, 5.74) is 0. The Morgan fingerprint density at radius 3 is 1.21 bits per heavy atom. The van der Waals surface area contributed by atoms with Crippen LogP contribution in [-0.4, -0.2) is 34.9 Å². The average molecular weight is 802 g/mol. The number of unbranched alkanes of at least 4 members (excludes halogenated alkanes) is 20. The van der Waals surface area contributed by atoms with Gasteiger partial charge in [0.1, 0.15) is 0 Å². The lowest BCUT2D eigenvalue weighted by atomic mass is 10.0. The maximum absolute atomic E-state index is 12.3. The van der Waals surface area contributed by atoms with E-state index in [0.29, 0.717) is 6.42 Å². The highest BCUT2D eigenvalue weighted by atomic mass is 16.3. The van der Waals surface area contributed by atoms with Gasteiger partial charge in [-0.05, 0) is 90.4 Å². The van der Waals surface area contributed by atoms with Crippen molar-refractivity contribution in [3.63, 3.8) is 0 Å². The van der Waals surface area contributed by atoms with E-state index in [2.05, 4.69) is 109 Å². The molecule has 0 aliphatic rings. The predicted molar refractivity (Wildman–Crippen MR) is 257 cm³/mol. The normalized spacial score (nSPS) is 13.9. The van der Waals surface area contributed by atoms with E-state index in [4.69, 9.17) is 0 Å². The molecule has 0 heterocycles. The van der Waals surface area contributed by atoms with Gasteiger partial charge in [-0.1, -0.05) is 219 Å². The Morgan fingerprint density at radius 2 is 0.793 bits per heavy atom. The number of amides is 1. The first-order chi connectivity index (χ1) is 28.7. The Kier molecular flexibility index (Phi) is 46.0. The minimum absolute atomic E-state index is 0.0843. The first-order valence-corrected chi connectivity index (χ1v) is 24.1. The number of aliphatic hydroxyl groups excluding tert-OH is 2. The van der Waals surface area contributed by atoms with Crippen molar-refractivity contribution in [1.82, 2.24) is 5.32 Å². The molecule has 0 saturated heterocycles. The molecule has 1 amide bonds. The van der Waals surface area contributed by atoms with Gasteiger partial charge in [-0.15, -0.1) is 0 Å². The van der Waals surface area contributed by atoms with Crippen LogP contribution in [0.2, 0.25) is 0 Å². The summed E-state index contributed by atoms with van der Waals surface area (Å²) in [6, 6.07) is -0.647. The van der Waals surface area contributed by atoms with E-state index in [1.54, 1.807) is 6.08 Å². The number of aliphatic hydroxyl groups is 2. The fraction of sp³-hybridized carbons (Fsp3) is 0.648. The summed E-state index contributed by atoms with van der Waals surface area (Å²) in [6.45, 7) is 3.93. The van der Waals surface area contributed by atoms with Gasteiger partial charge in [0.15, 0.2) is 0 Å². The average Bonchev–Trinajstić information content (AvgIpc) is 3.23. The number of nitrogens with one attached hydrogen (secondary N) is 1. The molecular formula is C54H91NO3. The molecule has 0 aliphatic carbocycles. The van der Waals surface area contributed by atoms with Gasteiger partial charge < -0.3 is 15.5 Å². The van der Waals surface area contributed by atoms with Crippen LogP contribution in [0.5, 0.6) is 0 Å². The molecule has 0 rings (SSSR count). The number of rotatable bonds is 42. The van der Waals surface area contributed by atoms with Crippen molar-refractivity contribution in [2.24, 2.45) is 0 Å². The smallest absolute Gasteiger partial charge is 0.220 e. The van der Waals surface area contributed by atoms with Crippen LogP contribution in [0.15, 0.2) is 109 Å². The zero-order valence-electron chi connectivity index (χ0n) is 37.8. The van der Waals surface area contributed by atoms with Crippen molar-refractivity contribution in [1.29, 1.82) is 0 Å². The third-order valence-corrected chi connectivity index (χ3v) is 10.3. The second-order valence-electron chi connectivity index (χ2n) is 15.8. The summed E-state index contributed by atoms with van der Waals surface area (Å²) in [4.78, 5) is 12.3. The Morgan fingerprint density at radius 1 is 0.448 bits per heavy atom. The largest absolute Gasteiger partial charge is 0.394 e. The summed E-state index contributed by atoms with van der Waals surface area (Å²) < 4.78 is 0. The van der Waals surface area contributed by atoms with E-state index < -0.39 is 12.1 Å². The van der Waals surface area contributed by atoms with E-state index in [0.717, 1.165) is 77.0 Å². The maximum atomic E-state index is 12.3. The molecule has 2 atom stereocenters. The Hall–Kier alpha value is -2.95. The van der Waals surface area contributed by atoms with E-state index in [-0.39, 0.29) is 12.5 Å². The lowest BCUT2D eigenvalue weighted by molar-refractivity contribution is -0.123. The number of allylic oxidation sites excluding steroid dienone is 17. The van der Waals surface area contributed by atoms with Gasteiger partial charge in [-0.3, -0.25) is 4.79 Å². The van der Waals surface area contributed by atoms with E-state index in [9.17, 15) is 15.0 Å². The van der Waals surface area contributed by atoms with Gasteiger partial charge in [0, 0.05) is 6.42 Å². The highest BCUT2D eigenvalue weighted by molar-refractivity contribution is 5.76. The third-order valence-electron chi connectivity index (χ3n) is 10.3. The van der Waals surface area contributed by atoms with E-state index >= 15 is 0 Å². The lowest BCUT2D eigenvalue weighted by Gasteiger charge is -2.19. The van der Waals surface area contributed by atoms with Crippen molar-refractivity contribution in [2.45, 2.75) is 219 Å². The second kappa shape index (κ2) is 48.4. The van der Waals surface area contributed by atoms with Crippen molar-refractivity contribution < 1.29 is 15.0 Å². The molecule has 4 nitrogen and oxygen atoms in total. The van der Waals surface area contributed by atoms with Crippen molar-refractivity contribution >= 4 is 5.91 Å². The van der Waals surface area contributed by atoms with Crippen LogP contribution in [0.3, 0.4) is 0 Å². The summed E-state index contributed by atoms with van der Waals surface area (Å²) in [5.74, 6) is -0.0843. The van der Waals surface area contributed by atoms with Crippen molar-refractivity contribution in [3.8, 4) is 0 Å². The predicted octanol–water partition coefficient (Wildman–Crippen LogP) is 15.6. The van der Waals surface area contributed by atoms with E-state index in [1.807, 2.05) is 13.0 Å². The van der Waals surface area contributed by atoms with Crippen molar-refractivity contribution in [2.75, 3.05) is 6.61 Å². The number of carbonyl (C=O) groups excluding carboxylic acids is 1. The van der Waals surface area contributed by atoms with Crippen LogP contribution < -0.4 is 5.32 Å². The Balaban J connectivity index is 3.48. The fourth-order valence-corrected chi connectivity index (χ4v) is 6.69. The highest BCUT2D eigenvalue weighted by Crippen LogP contribution is 2.15. The topological polar surface area (TPSA) is 69.6 Å². The zero-order chi connectivity index (χ0) is 42.1. The zero-order valence-corrected chi connectivity index (χ0v) is 37.8. The summed E-state index contributed by atoms with van der Waals surface area (Å²) in [7, 11) is 0. The SMILES string of the molecule is C/C=C/CC/C=C/CC/C=C/C(O)C(CO)NC(=O)CCCCCCCCCCCCCCCCCCCC/C=C\C/C=C\C/C=C\C/C=C\C/C=C\C/C=C\CC. The maximum Gasteiger partial charge on any atom is 0.220 e. The molecule has 3 N–H and O–H groups in total. The summed E-state index contributed by atoms with van der Waals surface area (Å²) in [5, 5.41) is 22.8. The highest BCUT2D eigenvalue weighted by Gasteiger charge is 2.17. The van der Waals surface area contributed by atoms with Gasteiger partial charge >= 0.3 is 0 Å². The molecule has 0 aromatic carbocycles. The van der Waals surface area contributed by atoms with Crippen molar-refractivity contribution in [3.05, 3.63) is 109 Å². The first-order valence-electron chi connectivity index (χ1n) is 24.1. The van der Waals surface area contributed by atoms with Crippen LogP contribution in [0.4, 0.5) is 0 Å². The quantitative estimate of drug-likeness (QED) is 0.0425. The second-order valence-corrected chi connectivity index (χ2v) is 15.8. The standard InChI is InChI=1S/C54H91NO3/c1-3-5-7-9-11-13-14-15-16-17-18-19-20-21-22-23-24-25-26-27-28-29-30-31-32-33-34-35-36-37-38-39-40-42-44-46-48-50-54(58)55-52(51-56)53(57)49-47-45-43-41-12-10-8-6-4-2/h4-7,11-13,15-16,18-19,21-22,24-25,41,47,49,52-53,56-57H,3,8-10,14,17,20,23,26-40,42-46,48,50-51H2,1-2H3,(H,55,58)/b6-4+,7-5-,13-11-,16-15-,19-18-,22-21-,25-24-,41-12+,49-47+. The summed E-state index contributed by atoms with van der Waals surface area (Å²) >= 11 is 0. The fourth-order valence-electron chi connectivity index (χ4n) is 6.69. The van der Waals surface area contributed by atoms with Gasteiger partial charge in [-0.2, -0.15) is 0 Å². The number of carbonyl (C=O) groups is 1. The molecule has 0 fully saturated rings. The molecular weight excluding hydrogens is 711 g/mol. The molecule has 0 saturated carbocycles. The van der Waals surface area contributed by atoms with Crippen LogP contribution in [0.1, 0.15) is 206 Å². The van der Waals surface area contributed by atoms with Crippen LogP contribution in [-0.2, 0) is 4.79 Å². The molecule has 58 heavy (non-hydrogen) atoms. The molecule has 0 spiro atoms. The molecule has 0 aromatic heterocycles. The monoisotopic (exact) mass is 802 g/mol. The lowest BCUT2D eigenvalue weighted by Crippen LogP contribution is -2.45. The number of hydrogen-bond donors (Lipinski definition) is 3. The van der Waals surface area contributed by atoms with Crippen LogP contribution >= 0.6 is 0 Å². The minimum Gasteiger partial charge on any atom is -0.394 e. The molecule has 0 aliphatic heterocycles. The van der Waals surface area contributed by atoms with Gasteiger partial charge in [0.25, 0.3) is 0 Å². The van der Waals surface area contributed by atoms with Gasteiger partial charge in [0.2, 0.25) is 5.91 Å². The molecule has 330 valence electrons. The first kappa shape index (κ1) is 55.1. The number of hydrogen-bond acceptors (Lipinski definition) is 3. The molecule has 0 radical (unpaired) electrons. The van der Waals surface area contributed by atoms with Crippen LogP contribution in [0, 0.1) is 0 Å². The molecule has 0 aromatic rings.